The van der Waals surface area contributed by atoms with Crippen molar-refractivity contribution in [1.29, 1.82) is 0 Å². The SMILES string of the molecule is C=C(C)C(=O)OCOCOCCN1CCCC1=O. The van der Waals surface area contributed by atoms with Gasteiger partial charge in [-0.2, -0.15) is 0 Å². The lowest BCUT2D eigenvalue weighted by Gasteiger charge is -2.15. The van der Waals surface area contributed by atoms with Gasteiger partial charge < -0.3 is 19.1 Å². The van der Waals surface area contributed by atoms with Crippen molar-refractivity contribution in [1.82, 2.24) is 4.90 Å². The molecule has 0 aromatic carbocycles. The highest BCUT2D eigenvalue weighted by Crippen LogP contribution is 2.08. The summed E-state index contributed by atoms with van der Waals surface area (Å²) >= 11 is 0. The first-order valence-corrected chi connectivity index (χ1v) is 5.87. The Labute approximate surface area is 106 Å². The lowest BCUT2D eigenvalue weighted by molar-refractivity contribution is -0.164. The predicted molar refractivity (Wildman–Crippen MR) is 63.5 cm³/mol. The van der Waals surface area contributed by atoms with Crippen LogP contribution >= 0.6 is 0 Å². The molecule has 1 heterocycles. The molecule has 1 aliphatic rings. The van der Waals surface area contributed by atoms with Crippen LogP contribution in [0, 0.1) is 0 Å². The zero-order valence-corrected chi connectivity index (χ0v) is 10.6. The van der Waals surface area contributed by atoms with E-state index in [4.69, 9.17) is 14.2 Å². The summed E-state index contributed by atoms with van der Waals surface area (Å²) in [5, 5.41) is 0. The van der Waals surface area contributed by atoms with Crippen LogP contribution < -0.4 is 0 Å². The summed E-state index contributed by atoms with van der Waals surface area (Å²) in [4.78, 5) is 24.0. The van der Waals surface area contributed by atoms with Crippen LogP contribution in [0.25, 0.3) is 0 Å². The Morgan fingerprint density at radius 2 is 2.17 bits per heavy atom. The monoisotopic (exact) mass is 257 g/mol. The van der Waals surface area contributed by atoms with Crippen LogP contribution in [0.2, 0.25) is 0 Å². The zero-order chi connectivity index (χ0) is 13.4. The Morgan fingerprint density at radius 1 is 1.39 bits per heavy atom. The summed E-state index contributed by atoms with van der Waals surface area (Å²) in [7, 11) is 0. The summed E-state index contributed by atoms with van der Waals surface area (Å²) in [6.07, 6.45) is 1.56. The van der Waals surface area contributed by atoms with Gasteiger partial charge in [0.25, 0.3) is 0 Å². The Balaban J connectivity index is 1.91. The number of nitrogens with zero attached hydrogens (tertiary/aromatic N) is 1. The van der Waals surface area contributed by atoms with E-state index >= 15 is 0 Å². The van der Waals surface area contributed by atoms with E-state index in [2.05, 4.69) is 6.58 Å². The van der Waals surface area contributed by atoms with Crippen molar-refractivity contribution in [3.63, 3.8) is 0 Å². The highest BCUT2D eigenvalue weighted by molar-refractivity contribution is 5.86. The van der Waals surface area contributed by atoms with Crippen LogP contribution in [0.3, 0.4) is 0 Å². The van der Waals surface area contributed by atoms with Gasteiger partial charge in [-0.05, 0) is 13.3 Å². The standard InChI is InChI=1S/C12H19NO5/c1-10(2)12(15)18-9-17-8-16-7-6-13-5-3-4-11(13)14/h1,3-9H2,2H3. The second-order valence-corrected chi connectivity index (χ2v) is 4.04. The van der Waals surface area contributed by atoms with E-state index in [1.807, 2.05) is 0 Å². The number of esters is 1. The van der Waals surface area contributed by atoms with Gasteiger partial charge in [-0.3, -0.25) is 4.79 Å². The van der Waals surface area contributed by atoms with Crippen molar-refractivity contribution >= 4 is 11.9 Å². The third kappa shape index (κ3) is 5.29. The molecule has 0 aromatic rings. The van der Waals surface area contributed by atoms with Gasteiger partial charge in [0.1, 0.15) is 0 Å². The summed E-state index contributed by atoms with van der Waals surface area (Å²) < 4.78 is 14.8. The van der Waals surface area contributed by atoms with Crippen molar-refractivity contribution in [2.75, 3.05) is 33.3 Å². The molecule has 0 spiro atoms. The molecule has 1 aliphatic heterocycles. The number of ether oxygens (including phenoxy) is 3. The fraction of sp³-hybridized carbons (Fsp3) is 0.667. The molecule has 1 rings (SSSR count). The van der Waals surface area contributed by atoms with Gasteiger partial charge in [0.15, 0.2) is 13.6 Å². The van der Waals surface area contributed by atoms with Crippen molar-refractivity contribution < 1.29 is 23.8 Å². The predicted octanol–water partition coefficient (Wildman–Crippen LogP) is 0.676. The molecule has 102 valence electrons. The van der Waals surface area contributed by atoms with Gasteiger partial charge in [0.05, 0.1) is 6.61 Å². The van der Waals surface area contributed by atoms with E-state index in [1.54, 1.807) is 11.8 Å². The second-order valence-electron chi connectivity index (χ2n) is 4.04. The minimum absolute atomic E-state index is 0.0332. The topological polar surface area (TPSA) is 65.1 Å². The van der Waals surface area contributed by atoms with Crippen molar-refractivity contribution in [3.05, 3.63) is 12.2 Å². The average molecular weight is 257 g/mol. The molecule has 1 saturated heterocycles. The lowest BCUT2D eigenvalue weighted by Crippen LogP contribution is -2.28. The molecule has 0 aromatic heterocycles. The Hall–Kier alpha value is -1.40. The van der Waals surface area contributed by atoms with Gasteiger partial charge >= 0.3 is 5.97 Å². The molecule has 1 amide bonds. The summed E-state index contributed by atoms with van der Waals surface area (Å²) in [6.45, 7) is 6.67. The molecule has 0 unspecified atom stereocenters. The zero-order valence-electron chi connectivity index (χ0n) is 10.6. The Kier molecular flexibility index (Phi) is 6.38. The van der Waals surface area contributed by atoms with Crippen LogP contribution in [0.1, 0.15) is 19.8 Å². The molecular weight excluding hydrogens is 238 g/mol. The summed E-state index contributed by atoms with van der Waals surface area (Å²) in [5.74, 6) is -0.312. The van der Waals surface area contributed by atoms with Crippen LogP contribution in [0.4, 0.5) is 0 Å². The molecule has 0 atom stereocenters. The number of amides is 1. The van der Waals surface area contributed by atoms with Gasteiger partial charge in [-0.1, -0.05) is 6.58 Å². The maximum atomic E-state index is 11.3. The molecule has 0 radical (unpaired) electrons. The maximum Gasteiger partial charge on any atom is 0.335 e. The number of rotatable bonds is 8. The normalized spacial score (nSPS) is 14.9. The van der Waals surface area contributed by atoms with Crippen LogP contribution in [-0.2, 0) is 23.8 Å². The maximum absolute atomic E-state index is 11.3. The number of carbonyl (C=O) groups is 2. The van der Waals surface area contributed by atoms with Crippen LogP contribution in [0.5, 0.6) is 0 Å². The molecule has 18 heavy (non-hydrogen) atoms. The fourth-order valence-corrected chi connectivity index (χ4v) is 1.49. The average Bonchev–Trinajstić information content (AvgIpc) is 2.73. The molecule has 0 saturated carbocycles. The van der Waals surface area contributed by atoms with Gasteiger partial charge in [-0.15, -0.1) is 0 Å². The Morgan fingerprint density at radius 3 is 2.78 bits per heavy atom. The number of hydrogen-bond acceptors (Lipinski definition) is 5. The fourth-order valence-electron chi connectivity index (χ4n) is 1.49. The Bertz CT molecular complexity index is 316. The van der Waals surface area contributed by atoms with Gasteiger partial charge in [0.2, 0.25) is 5.91 Å². The lowest BCUT2D eigenvalue weighted by atomic mass is 10.4. The van der Waals surface area contributed by atoms with Crippen LogP contribution in [0.15, 0.2) is 12.2 Å². The molecule has 6 nitrogen and oxygen atoms in total. The van der Waals surface area contributed by atoms with Crippen molar-refractivity contribution in [3.8, 4) is 0 Å². The molecule has 0 N–H and O–H groups in total. The molecule has 0 bridgehead atoms. The van der Waals surface area contributed by atoms with E-state index in [1.165, 1.54) is 0 Å². The van der Waals surface area contributed by atoms with Gasteiger partial charge in [0, 0.05) is 25.1 Å². The van der Waals surface area contributed by atoms with E-state index in [0.29, 0.717) is 25.1 Å². The largest absolute Gasteiger partial charge is 0.435 e. The quantitative estimate of drug-likeness (QED) is 0.277. The molecule has 0 aliphatic carbocycles. The summed E-state index contributed by atoms with van der Waals surface area (Å²) in [6, 6.07) is 0. The smallest absolute Gasteiger partial charge is 0.335 e. The third-order valence-electron chi connectivity index (χ3n) is 2.47. The minimum Gasteiger partial charge on any atom is -0.435 e. The first-order chi connectivity index (χ1) is 8.61. The van der Waals surface area contributed by atoms with E-state index in [0.717, 1.165) is 13.0 Å². The number of carbonyl (C=O) groups excluding carboxylic acids is 2. The van der Waals surface area contributed by atoms with E-state index < -0.39 is 5.97 Å². The highest BCUT2D eigenvalue weighted by Gasteiger charge is 2.19. The van der Waals surface area contributed by atoms with E-state index in [9.17, 15) is 9.59 Å². The summed E-state index contributed by atoms with van der Waals surface area (Å²) in [5.41, 5.74) is 0.326. The number of hydrogen-bond donors (Lipinski definition) is 0. The number of likely N-dealkylation sites (tertiary alicyclic amines) is 1. The molecular formula is C12H19NO5. The second kappa shape index (κ2) is 7.84. The molecule has 1 fully saturated rings. The van der Waals surface area contributed by atoms with Crippen molar-refractivity contribution in [2.24, 2.45) is 0 Å². The van der Waals surface area contributed by atoms with Crippen molar-refractivity contribution in [2.45, 2.75) is 19.8 Å². The third-order valence-corrected chi connectivity index (χ3v) is 2.47. The highest BCUT2D eigenvalue weighted by atomic mass is 16.7. The molecule has 6 heteroatoms. The first-order valence-electron chi connectivity index (χ1n) is 5.87. The minimum atomic E-state index is -0.488. The first kappa shape index (κ1) is 14.7. The van der Waals surface area contributed by atoms with E-state index in [-0.39, 0.29) is 19.5 Å². The van der Waals surface area contributed by atoms with Crippen LogP contribution in [-0.4, -0.2) is 50.1 Å². The van der Waals surface area contributed by atoms with Gasteiger partial charge in [-0.25, -0.2) is 4.79 Å².